The summed E-state index contributed by atoms with van der Waals surface area (Å²) in [5, 5.41) is 0. The summed E-state index contributed by atoms with van der Waals surface area (Å²) in [5.41, 5.74) is 0. The molecule has 0 heterocycles. The van der Waals surface area contributed by atoms with Crippen molar-refractivity contribution in [1.82, 2.24) is 0 Å². The van der Waals surface area contributed by atoms with Crippen LogP contribution in [0.1, 0.15) is 71.1 Å². The van der Waals surface area contributed by atoms with Crippen LogP contribution in [0.15, 0.2) is 12.7 Å². The van der Waals surface area contributed by atoms with Gasteiger partial charge in [0.2, 0.25) is 0 Å². The average Bonchev–Trinajstić information content (AvgIpc) is 3.04. The van der Waals surface area contributed by atoms with Crippen LogP contribution in [0.5, 0.6) is 0 Å². The lowest BCUT2D eigenvalue weighted by Gasteiger charge is -2.09. The van der Waals surface area contributed by atoms with Gasteiger partial charge in [-0.1, -0.05) is 71.3 Å². The Hall–Kier alpha value is -1.15. The summed E-state index contributed by atoms with van der Waals surface area (Å²) in [4.78, 5) is 10.8. The number of esters is 1. The molecule has 0 bridgehead atoms. The minimum absolute atomic E-state index is 0.204. The van der Waals surface area contributed by atoms with Crippen LogP contribution < -0.4 is 0 Å². The molecule has 0 saturated heterocycles. The Kier molecular flexibility index (Phi) is 38.8. The third-order valence-corrected chi connectivity index (χ3v) is 6.26. The van der Waals surface area contributed by atoms with E-state index < -0.39 is 5.97 Å². The molecule has 0 aliphatic heterocycles. The topological polar surface area (TPSA) is 109 Å². The number of carbonyl (C=O) groups excluding carboxylic acids is 1. The fraction of sp³-hybridized carbons (Fsp3) is 0.909. The Morgan fingerprint density at radius 1 is 0.386 bits per heavy atom. The van der Waals surface area contributed by atoms with Crippen molar-refractivity contribution >= 4 is 5.97 Å². The monoisotopic (exact) mass is 636 g/mol. The number of unbranched alkanes of at least 4 members (excludes halogenated alkanes) is 9. The van der Waals surface area contributed by atoms with Gasteiger partial charge in [-0.3, -0.25) is 0 Å². The van der Waals surface area contributed by atoms with Gasteiger partial charge < -0.3 is 47.4 Å². The van der Waals surface area contributed by atoms with Crippen LogP contribution in [-0.4, -0.2) is 132 Å². The van der Waals surface area contributed by atoms with E-state index in [1.54, 1.807) is 0 Å². The maximum atomic E-state index is 10.8. The van der Waals surface area contributed by atoms with Crippen LogP contribution in [0.25, 0.3) is 0 Å². The summed E-state index contributed by atoms with van der Waals surface area (Å²) in [5.74, 6) is -0.454. The Balaban J connectivity index is 3.05. The molecule has 11 nitrogen and oxygen atoms in total. The van der Waals surface area contributed by atoms with E-state index in [1.807, 2.05) is 0 Å². The van der Waals surface area contributed by atoms with Crippen molar-refractivity contribution in [3.8, 4) is 0 Å². The third kappa shape index (κ3) is 38.9. The zero-order valence-corrected chi connectivity index (χ0v) is 27.8. The Labute approximate surface area is 267 Å². The van der Waals surface area contributed by atoms with Gasteiger partial charge in [-0.2, -0.15) is 0 Å². The second kappa shape index (κ2) is 39.9. The Morgan fingerprint density at radius 3 is 0.932 bits per heavy atom. The number of carbonyl (C=O) groups is 1. The lowest BCUT2D eigenvalue weighted by molar-refractivity contribution is -0.139. The predicted molar refractivity (Wildman–Crippen MR) is 170 cm³/mol. The van der Waals surface area contributed by atoms with E-state index in [-0.39, 0.29) is 6.61 Å². The van der Waals surface area contributed by atoms with Crippen molar-refractivity contribution < 1.29 is 52.2 Å². The highest BCUT2D eigenvalue weighted by Gasteiger charge is 1.98. The average molecular weight is 637 g/mol. The predicted octanol–water partition coefficient (Wildman–Crippen LogP) is 4.79. The van der Waals surface area contributed by atoms with Crippen LogP contribution in [0.2, 0.25) is 0 Å². The van der Waals surface area contributed by atoms with Gasteiger partial charge in [0.25, 0.3) is 0 Å². The number of hydrogen-bond donors (Lipinski definition) is 0. The molecule has 262 valence electrons. The van der Waals surface area contributed by atoms with Gasteiger partial charge >= 0.3 is 5.97 Å². The van der Waals surface area contributed by atoms with E-state index in [2.05, 4.69) is 13.5 Å². The Morgan fingerprint density at radius 2 is 0.636 bits per heavy atom. The second-order valence-electron chi connectivity index (χ2n) is 10.1. The molecule has 0 aliphatic rings. The summed E-state index contributed by atoms with van der Waals surface area (Å²) in [7, 11) is 0. The fourth-order valence-electron chi connectivity index (χ4n) is 3.81. The van der Waals surface area contributed by atoms with E-state index in [0.29, 0.717) is 112 Å². The normalized spacial score (nSPS) is 11.3. The SMILES string of the molecule is C=CC(=O)OCCOCCOCCOCCOCCOCCOCCOCCOCCOCCCCCCCCCCCC. The lowest BCUT2D eigenvalue weighted by Crippen LogP contribution is -2.15. The molecular formula is C33H64O11. The quantitative estimate of drug-likeness (QED) is 0.0528. The van der Waals surface area contributed by atoms with Gasteiger partial charge in [0.05, 0.1) is 112 Å². The molecule has 0 unspecified atom stereocenters. The van der Waals surface area contributed by atoms with Crippen LogP contribution >= 0.6 is 0 Å². The largest absolute Gasteiger partial charge is 0.460 e. The zero-order chi connectivity index (χ0) is 31.9. The summed E-state index contributed by atoms with van der Waals surface area (Å²) >= 11 is 0. The minimum atomic E-state index is -0.454. The highest BCUT2D eigenvalue weighted by molar-refractivity contribution is 5.81. The van der Waals surface area contributed by atoms with Crippen molar-refractivity contribution in [2.75, 3.05) is 126 Å². The van der Waals surface area contributed by atoms with Crippen LogP contribution in [0, 0.1) is 0 Å². The standard InChI is InChI=1S/C33H64O11/c1-3-5-6-7-8-9-10-11-12-13-14-35-15-16-36-17-18-37-19-20-38-21-22-39-23-24-40-25-26-41-27-28-42-29-30-43-31-32-44-33(34)4-2/h4H,2-3,5-32H2,1H3. The van der Waals surface area contributed by atoms with Gasteiger partial charge in [0.15, 0.2) is 0 Å². The molecule has 0 aliphatic carbocycles. The molecule has 0 aromatic rings. The molecule has 0 saturated carbocycles. The second-order valence-corrected chi connectivity index (χ2v) is 10.1. The van der Waals surface area contributed by atoms with Crippen molar-refractivity contribution in [3.63, 3.8) is 0 Å². The van der Waals surface area contributed by atoms with Gasteiger partial charge in [-0.15, -0.1) is 0 Å². The van der Waals surface area contributed by atoms with Crippen molar-refractivity contribution in [2.45, 2.75) is 71.1 Å². The summed E-state index contributed by atoms with van der Waals surface area (Å²) in [6.45, 7) is 15.3. The van der Waals surface area contributed by atoms with E-state index in [0.717, 1.165) is 19.1 Å². The molecule has 11 heteroatoms. The molecular weight excluding hydrogens is 572 g/mol. The first-order chi connectivity index (χ1) is 21.8. The van der Waals surface area contributed by atoms with E-state index >= 15 is 0 Å². The molecule has 0 amide bonds. The molecule has 0 radical (unpaired) electrons. The molecule has 0 rings (SSSR count). The molecule has 0 aromatic heterocycles. The number of hydrogen-bond acceptors (Lipinski definition) is 11. The highest BCUT2D eigenvalue weighted by Crippen LogP contribution is 2.10. The van der Waals surface area contributed by atoms with Gasteiger partial charge in [0.1, 0.15) is 6.61 Å². The molecule has 0 fully saturated rings. The van der Waals surface area contributed by atoms with Gasteiger partial charge in [-0.05, 0) is 6.42 Å². The van der Waals surface area contributed by atoms with Crippen LogP contribution in [-0.2, 0) is 52.2 Å². The first-order valence-corrected chi connectivity index (χ1v) is 16.8. The van der Waals surface area contributed by atoms with Gasteiger partial charge in [0, 0.05) is 12.7 Å². The fourth-order valence-corrected chi connectivity index (χ4v) is 3.81. The molecule has 0 aromatic carbocycles. The van der Waals surface area contributed by atoms with Crippen molar-refractivity contribution in [3.05, 3.63) is 12.7 Å². The molecule has 0 atom stereocenters. The number of ether oxygens (including phenoxy) is 10. The third-order valence-electron chi connectivity index (χ3n) is 6.26. The van der Waals surface area contributed by atoms with E-state index in [1.165, 1.54) is 57.8 Å². The summed E-state index contributed by atoms with van der Waals surface area (Å²) in [6.07, 6.45) is 14.5. The van der Waals surface area contributed by atoms with Gasteiger partial charge in [-0.25, -0.2) is 4.79 Å². The Bertz CT molecular complexity index is 566. The lowest BCUT2D eigenvalue weighted by atomic mass is 10.1. The molecule has 44 heavy (non-hydrogen) atoms. The van der Waals surface area contributed by atoms with Crippen molar-refractivity contribution in [1.29, 1.82) is 0 Å². The highest BCUT2D eigenvalue weighted by atomic mass is 16.6. The molecule has 0 N–H and O–H groups in total. The molecule has 0 spiro atoms. The van der Waals surface area contributed by atoms with E-state index in [9.17, 15) is 4.79 Å². The van der Waals surface area contributed by atoms with Crippen LogP contribution in [0.4, 0.5) is 0 Å². The van der Waals surface area contributed by atoms with Crippen LogP contribution in [0.3, 0.4) is 0 Å². The summed E-state index contributed by atoms with van der Waals surface area (Å²) in [6, 6.07) is 0. The maximum absolute atomic E-state index is 10.8. The first kappa shape index (κ1) is 42.9. The smallest absolute Gasteiger partial charge is 0.330 e. The maximum Gasteiger partial charge on any atom is 0.330 e. The van der Waals surface area contributed by atoms with Crippen molar-refractivity contribution in [2.24, 2.45) is 0 Å². The zero-order valence-electron chi connectivity index (χ0n) is 27.8. The van der Waals surface area contributed by atoms with E-state index in [4.69, 9.17) is 47.4 Å². The number of rotatable bonds is 39. The first-order valence-electron chi connectivity index (χ1n) is 16.8. The minimum Gasteiger partial charge on any atom is -0.460 e. The summed E-state index contributed by atoms with van der Waals surface area (Å²) < 4.78 is 54.0.